The van der Waals surface area contributed by atoms with E-state index in [0.717, 1.165) is 12.8 Å². The number of ether oxygens (including phenoxy) is 2. The van der Waals surface area contributed by atoms with Crippen LogP contribution < -0.4 is 11.5 Å². The number of rotatable bonds is 10. The van der Waals surface area contributed by atoms with Gasteiger partial charge in [0.1, 0.15) is 0 Å². The van der Waals surface area contributed by atoms with Crippen LogP contribution in [0.5, 0.6) is 0 Å². The van der Waals surface area contributed by atoms with Gasteiger partial charge in [0.05, 0.1) is 26.1 Å². The molecular weight excluding hydrogens is 252 g/mol. The summed E-state index contributed by atoms with van der Waals surface area (Å²) in [6, 6.07) is 0. The average Bonchev–Trinajstić information content (AvgIpc) is 2.25. The Morgan fingerprint density at radius 3 is 2.10 bits per heavy atom. The average molecular weight is 286 g/mol. The molecule has 0 aliphatic carbocycles. The fraction of sp³-hybridized carbons (Fsp3) is 0.875. The molecule has 0 aliphatic rings. The molecule has 120 valence electrons. The van der Waals surface area contributed by atoms with E-state index in [-0.39, 0.29) is 5.41 Å². The maximum absolute atomic E-state index is 5.55. The van der Waals surface area contributed by atoms with Gasteiger partial charge in [-0.2, -0.15) is 0 Å². The first-order valence-corrected chi connectivity index (χ1v) is 7.47. The van der Waals surface area contributed by atoms with Crippen LogP contribution in [0.2, 0.25) is 0 Å². The molecule has 0 saturated heterocycles. The molecule has 0 aromatic rings. The standard InChI is InChI=1S/C16H34N2O2/c1-15(2,3)13-16(4,5)10-14(11-19-8-6-17)12-20-9-7-18/h11H,6-10,12-13,17-18H2,1-5H3. The van der Waals surface area contributed by atoms with E-state index in [2.05, 4.69) is 34.6 Å². The first kappa shape index (κ1) is 19.4. The van der Waals surface area contributed by atoms with Crippen LogP contribution in [0.25, 0.3) is 0 Å². The van der Waals surface area contributed by atoms with Crippen LogP contribution in [0.3, 0.4) is 0 Å². The van der Waals surface area contributed by atoms with Gasteiger partial charge in [-0.15, -0.1) is 0 Å². The smallest absolute Gasteiger partial charge is 0.0995 e. The van der Waals surface area contributed by atoms with Crippen LogP contribution >= 0.6 is 0 Å². The minimum absolute atomic E-state index is 0.211. The van der Waals surface area contributed by atoms with Crippen molar-refractivity contribution in [3.63, 3.8) is 0 Å². The van der Waals surface area contributed by atoms with Crippen LogP contribution in [0.4, 0.5) is 0 Å². The molecule has 0 aliphatic heterocycles. The van der Waals surface area contributed by atoms with Gasteiger partial charge in [0.2, 0.25) is 0 Å². The Morgan fingerprint density at radius 2 is 1.60 bits per heavy atom. The van der Waals surface area contributed by atoms with Gasteiger partial charge in [-0.1, -0.05) is 34.6 Å². The molecule has 0 rings (SSSR count). The Labute approximate surface area is 124 Å². The van der Waals surface area contributed by atoms with E-state index in [1.54, 1.807) is 0 Å². The molecule has 0 unspecified atom stereocenters. The van der Waals surface area contributed by atoms with Crippen molar-refractivity contribution in [1.29, 1.82) is 0 Å². The quantitative estimate of drug-likeness (QED) is 0.478. The number of nitrogens with two attached hydrogens (primary N) is 2. The van der Waals surface area contributed by atoms with Crippen molar-refractivity contribution in [1.82, 2.24) is 0 Å². The largest absolute Gasteiger partial charge is 0.500 e. The van der Waals surface area contributed by atoms with Crippen molar-refractivity contribution >= 4 is 0 Å². The van der Waals surface area contributed by atoms with Crippen molar-refractivity contribution in [2.45, 2.75) is 47.5 Å². The van der Waals surface area contributed by atoms with Crippen LogP contribution in [0.15, 0.2) is 11.8 Å². The maximum Gasteiger partial charge on any atom is 0.0995 e. The molecule has 4 nitrogen and oxygen atoms in total. The lowest BCUT2D eigenvalue weighted by Crippen LogP contribution is -2.22. The maximum atomic E-state index is 5.55. The van der Waals surface area contributed by atoms with Gasteiger partial charge in [0.25, 0.3) is 0 Å². The van der Waals surface area contributed by atoms with Crippen LogP contribution in [-0.2, 0) is 9.47 Å². The van der Waals surface area contributed by atoms with E-state index in [0.29, 0.717) is 38.3 Å². The summed E-state index contributed by atoms with van der Waals surface area (Å²) in [6.07, 6.45) is 3.91. The summed E-state index contributed by atoms with van der Waals surface area (Å²) >= 11 is 0. The molecule has 0 heterocycles. The molecule has 4 heteroatoms. The van der Waals surface area contributed by atoms with Crippen molar-refractivity contribution < 1.29 is 9.47 Å². The zero-order valence-corrected chi connectivity index (χ0v) is 14.0. The highest BCUT2D eigenvalue weighted by molar-refractivity contribution is 5.03. The first-order valence-electron chi connectivity index (χ1n) is 7.47. The van der Waals surface area contributed by atoms with Gasteiger partial charge in [-0.25, -0.2) is 0 Å². The van der Waals surface area contributed by atoms with Gasteiger partial charge in [-0.3, -0.25) is 0 Å². The van der Waals surface area contributed by atoms with E-state index < -0.39 is 0 Å². The zero-order chi connectivity index (χ0) is 15.6. The summed E-state index contributed by atoms with van der Waals surface area (Å²) in [7, 11) is 0. The third-order valence-corrected chi connectivity index (χ3v) is 2.75. The second kappa shape index (κ2) is 9.37. The van der Waals surface area contributed by atoms with Crippen LogP contribution in [-0.4, -0.2) is 32.9 Å². The van der Waals surface area contributed by atoms with Gasteiger partial charge < -0.3 is 20.9 Å². The minimum atomic E-state index is 0.211. The van der Waals surface area contributed by atoms with Gasteiger partial charge in [-0.05, 0) is 29.2 Å². The molecule has 0 atom stereocenters. The van der Waals surface area contributed by atoms with Crippen LogP contribution in [0, 0.1) is 10.8 Å². The number of hydrogen-bond donors (Lipinski definition) is 2. The van der Waals surface area contributed by atoms with E-state index in [4.69, 9.17) is 20.9 Å². The minimum Gasteiger partial charge on any atom is -0.500 e. The fourth-order valence-electron chi connectivity index (χ4n) is 2.77. The van der Waals surface area contributed by atoms with Crippen molar-refractivity contribution in [3.05, 3.63) is 11.8 Å². The monoisotopic (exact) mass is 286 g/mol. The fourth-order valence-corrected chi connectivity index (χ4v) is 2.77. The molecule has 20 heavy (non-hydrogen) atoms. The molecule has 0 aromatic heterocycles. The number of hydrogen-bond acceptors (Lipinski definition) is 4. The SMILES string of the molecule is CC(C)(C)CC(C)(C)CC(=COCCN)COCCN. The lowest BCUT2D eigenvalue weighted by Gasteiger charge is -2.33. The van der Waals surface area contributed by atoms with Gasteiger partial charge in [0, 0.05) is 13.1 Å². The molecule has 0 bridgehead atoms. The summed E-state index contributed by atoms with van der Waals surface area (Å²) in [5, 5.41) is 0. The van der Waals surface area contributed by atoms with Gasteiger partial charge >= 0.3 is 0 Å². The summed E-state index contributed by atoms with van der Waals surface area (Å²) < 4.78 is 11.0. The predicted octanol–water partition coefficient (Wildman–Crippen LogP) is 2.67. The van der Waals surface area contributed by atoms with E-state index in [1.807, 2.05) is 6.26 Å². The summed E-state index contributed by atoms with van der Waals surface area (Å²) in [5.74, 6) is 0. The molecule has 0 amide bonds. The Bertz CT molecular complexity index is 281. The Hall–Kier alpha value is -0.580. The van der Waals surface area contributed by atoms with E-state index in [9.17, 15) is 0 Å². The second-order valence-corrected chi connectivity index (χ2v) is 7.36. The molecule has 0 spiro atoms. The van der Waals surface area contributed by atoms with Gasteiger partial charge in [0.15, 0.2) is 0 Å². The normalized spacial score (nSPS) is 13.7. The molecular formula is C16H34N2O2. The summed E-state index contributed by atoms with van der Waals surface area (Å²) in [5.41, 5.74) is 12.6. The summed E-state index contributed by atoms with van der Waals surface area (Å²) in [4.78, 5) is 0. The molecule has 0 saturated carbocycles. The molecule has 0 fully saturated rings. The topological polar surface area (TPSA) is 70.5 Å². The lowest BCUT2D eigenvalue weighted by atomic mass is 9.73. The highest BCUT2D eigenvalue weighted by atomic mass is 16.5. The predicted molar refractivity (Wildman–Crippen MR) is 85.4 cm³/mol. The van der Waals surface area contributed by atoms with Crippen molar-refractivity contribution in [3.8, 4) is 0 Å². The summed E-state index contributed by atoms with van der Waals surface area (Å²) in [6.45, 7) is 14.2. The molecule has 0 aromatic carbocycles. The Balaban J connectivity index is 4.55. The third-order valence-electron chi connectivity index (χ3n) is 2.75. The Morgan fingerprint density at radius 1 is 1.00 bits per heavy atom. The van der Waals surface area contributed by atoms with Crippen molar-refractivity contribution in [2.24, 2.45) is 22.3 Å². The lowest BCUT2D eigenvalue weighted by molar-refractivity contribution is 0.143. The van der Waals surface area contributed by atoms with Crippen molar-refractivity contribution in [2.75, 3.05) is 32.9 Å². The molecule has 4 N–H and O–H groups in total. The zero-order valence-electron chi connectivity index (χ0n) is 14.0. The third kappa shape index (κ3) is 11.3. The molecule has 0 radical (unpaired) electrons. The van der Waals surface area contributed by atoms with Crippen LogP contribution in [0.1, 0.15) is 47.5 Å². The first-order chi connectivity index (χ1) is 9.20. The highest BCUT2D eigenvalue weighted by Gasteiger charge is 2.26. The van der Waals surface area contributed by atoms with E-state index >= 15 is 0 Å². The second-order valence-electron chi connectivity index (χ2n) is 7.36. The highest BCUT2D eigenvalue weighted by Crippen LogP contribution is 2.37. The van der Waals surface area contributed by atoms with E-state index in [1.165, 1.54) is 5.57 Å². The Kier molecular flexibility index (Phi) is 9.10.